The molecular formula is C15H18N2O. The zero-order valence-electron chi connectivity index (χ0n) is 11.1. The molecule has 0 N–H and O–H groups in total. The number of aromatic nitrogens is 1. The Morgan fingerprint density at radius 2 is 2.11 bits per heavy atom. The normalized spacial score (nSPS) is 11.4. The van der Waals surface area contributed by atoms with Crippen LogP contribution in [-0.2, 0) is 6.54 Å². The Bertz CT molecular complexity index is 590. The molecule has 2 aromatic rings. The fourth-order valence-corrected chi connectivity index (χ4v) is 2.02. The topological polar surface area (TPSA) is 38.0 Å². The molecule has 0 radical (unpaired) electrons. The third kappa shape index (κ3) is 2.33. The van der Waals surface area contributed by atoms with Gasteiger partial charge in [0.05, 0.1) is 24.1 Å². The number of ether oxygens (including phenoxy) is 1. The molecular weight excluding hydrogens is 224 g/mol. The highest BCUT2D eigenvalue weighted by Crippen LogP contribution is 2.27. The van der Waals surface area contributed by atoms with Crippen molar-refractivity contribution in [1.82, 2.24) is 4.57 Å². The van der Waals surface area contributed by atoms with Crippen molar-refractivity contribution < 1.29 is 4.74 Å². The summed E-state index contributed by atoms with van der Waals surface area (Å²) >= 11 is 0. The van der Waals surface area contributed by atoms with Crippen LogP contribution in [-0.4, -0.2) is 11.7 Å². The smallest absolute Gasteiger partial charge is 0.128 e. The molecule has 2 rings (SSSR count). The summed E-state index contributed by atoms with van der Waals surface area (Å²) in [5, 5.41) is 10.2. The second kappa shape index (κ2) is 4.73. The third-order valence-electron chi connectivity index (χ3n) is 3.27. The van der Waals surface area contributed by atoms with E-state index >= 15 is 0 Å². The van der Waals surface area contributed by atoms with Gasteiger partial charge in [-0.25, -0.2) is 0 Å². The largest absolute Gasteiger partial charge is 0.496 e. The average Bonchev–Trinajstić information content (AvgIpc) is 2.79. The van der Waals surface area contributed by atoms with E-state index in [9.17, 15) is 0 Å². The van der Waals surface area contributed by atoms with Crippen LogP contribution in [0.3, 0.4) is 0 Å². The molecule has 0 amide bonds. The quantitative estimate of drug-likeness (QED) is 0.821. The maximum absolute atomic E-state index is 9.04. The van der Waals surface area contributed by atoms with E-state index in [-0.39, 0.29) is 5.41 Å². The molecule has 94 valence electrons. The number of hydrogen-bond acceptors (Lipinski definition) is 2. The minimum Gasteiger partial charge on any atom is -0.496 e. The summed E-state index contributed by atoms with van der Waals surface area (Å²) in [4.78, 5) is 0. The zero-order chi connectivity index (χ0) is 13.2. The first-order valence-corrected chi connectivity index (χ1v) is 6.10. The zero-order valence-corrected chi connectivity index (χ0v) is 11.1. The van der Waals surface area contributed by atoms with E-state index in [4.69, 9.17) is 10.00 Å². The van der Waals surface area contributed by atoms with Crippen LogP contribution in [0.4, 0.5) is 0 Å². The van der Waals surface area contributed by atoms with Crippen LogP contribution in [0.5, 0.6) is 5.75 Å². The van der Waals surface area contributed by atoms with Crippen molar-refractivity contribution in [2.24, 2.45) is 5.41 Å². The Hall–Kier alpha value is -1.95. The van der Waals surface area contributed by atoms with Gasteiger partial charge < -0.3 is 9.30 Å². The molecule has 0 unspecified atom stereocenters. The number of hydrogen-bond donors (Lipinski definition) is 0. The molecule has 3 heteroatoms. The van der Waals surface area contributed by atoms with Crippen LogP contribution in [0.15, 0.2) is 30.5 Å². The van der Waals surface area contributed by atoms with Crippen molar-refractivity contribution in [3.8, 4) is 11.8 Å². The number of rotatable bonds is 4. The molecule has 0 aliphatic heterocycles. The number of benzene rings is 1. The third-order valence-corrected chi connectivity index (χ3v) is 3.27. The highest BCUT2D eigenvalue weighted by Gasteiger charge is 2.16. The highest BCUT2D eigenvalue weighted by atomic mass is 16.5. The lowest BCUT2D eigenvalue weighted by atomic mass is 9.91. The first-order chi connectivity index (χ1) is 8.57. The van der Waals surface area contributed by atoms with Gasteiger partial charge in [0.1, 0.15) is 5.75 Å². The van der Waals surface area contributed by atoms with Gasteiger partial charge in [-0.1, -0.05) is 6.07 Å². The summed E-state index contributed by atoms with van der Waals surface area (Å²) in [5.74, 6) is 0.894. The van der Waals surface area contributed by atoms with E-state index in [2.05, 4.69) is 29.0 Å². The molecule has 1 aromatic heterocycles. The Morgan fingerprint density at radius 1 is 1.33 bits per heavy atom. The summed E-state index contributed by atoms with van der Waals surface area (Å²) in [6.07, 6.45) is 2.89. The van der Waals surface area contributed by atoms with E-state index in [1.165, 1.54) is 0 Å². The van der Waals surface area contributed by atoms with Crippen molar-refractivity contribution in [2.75, 3.05) is 7.11 Å². The first kappa shape index (κ1) is 12.5. The predicted molar refractivity (Wildman–Crippen MR) is 72.5 cm³/mol. The number of methoxy groups -OCH3 is 1. The van der Waals surface area contributed by atoms with Gasteiger partial charge in [-0.2, -0.15) is 5.26 Å². The molecule has 0 fully saturated rings. The molecule has 1 aromatic carbocycles. The van der Waals surface area contributed by atoms with Crippen LogP contribution < -0.4 is 4.74 Å². The molecule has 0 bridgehead atoms. The Kier molecular flexibility index (Phi) is 3.29. The summed E-state index contributed by atoms with van der Waals surface area (Å²) in [6, 6.07) is 10.4. The van der Waals surface area contributed by atoms with Crippen molar-refractivity contribution in [3.05, 3.63) is 30.5 Å². The predicted octanol–water partition coefficient (Wildman–Crippen LogP) is 3.59. The molecule has 0 aliphatic carbocycles. The van der Waals surface area contributed by atoms with Crippen molar-refractivity contribution in [2.45, 2.75) is 26.8 Å². The summed E-state index contributed by atoms with van der Waals surface area (Å²) < 4.78 is 7.52. The van der Waals surface area contributed by atoms with Gasteiger partial charge in [-0.3, -0.25) is 0 Å². The summed E-state index contributed by atoms with van der Waals surface area (Å²) in [5.41, 5.74) is 0.873. The number of fused-ring (bicyclic) bond motifs is 1. The maximum Gasteiger partial charge on any atom is 0.128 e. The summed E-state index contributed by atoms with van der Waals surface area (Å²) in [7, 11) is 1.69. The molecule has 0 spiro atoms. The molecule has 0 atom stereocenters. The lowest BCUT2D eigenvalue weighted by molar-refractivity contribution is 0.416. The van der Waals surface area contributed by atoms with Crippen LogP contribution in [0.2, 0.25) is 0 Å². The van der Waals surface area contributed by atoms with E-state index in [0.717, 1.165) is 29.6 Å². The van der Waals surface area contributed by atoms with Gasteiger partial charge in [0.2, 0.25) is 0 Å². The van der Waals surface area contributed by atoms with Gasteiger partial charge in [0, 0.05) is 18.1 Å². The average molecular weight is 242 g/mol. The molecule has 0 saturated heterocycles. The number of nitriles is 1. The van der Waals surface area contributed by atoms with Crippen molar-refractivity contribution in [3.63, 3.8) is 0 Å². The van der Waals surface area contributed by atoms with Crippen LogP contribution in [0.25, 0.3) is 10.9 Å². The molecule has 0 aliphatic rings. The van der Waals surface area contributed by atoms with E-state index < -0.39 is 0 Å². The van der Waals surface area contributed by atoms with Gasteiger partial charge in [-0.15, -0.1) is 0 Å². The summed E-state index contributed by atoms with van der Waals surface area (Å²) in [6.45, 7) is 4.79. The highest BCUT2D eigenvalue weighted by molar-refractivity contribution is 5.86. The van der Waals surface area contributed by atoms with Crippen molar-refractivity contribution in [1.29, 1.82) is 5.26 Å². The lowest BCUT2D eigenvalue weighted by Gasteiger charge is -2.15. The standard InChI is InChI=1S/C15H18N2O/c1-15(2,11-16)8-10-17-9-7-12-13(17)5-4-6-14(12)18-3/h4-7,9H,8,10H2,1-3H3. The molecule has 18 heavy (non-hydrogen) atoms. The van der Waals surface area contributed by atoms with E-state index in [1.807, 2.05) is 26.0 Å². The minimum atomic E-state index is -0.282. The second-order valence-electron chi connectivity index (χ2n) is 5.15. The second-order valence-corrected chi connectivity index (χ2v) is 5.15. The number of nitrogens with zero attached hydrogens (tertiary/aromatic N) is 2. The van der Waals surface area contributed by atoms with Gasteiger partial charge in [0.25, 0.3) is 0 Å². The first-order valence-electron chi connectivity index (χ1n) is 6.10. The van der Waals surface area contributed by atoms with Gasteiger partial charge >= 0.3 is 0 Å². The lowest BCUT2D eigenvalue weighted by Crippen LogP contribution is -2.11. The van der Waals surface area contributed by atoms with Gasteiger partial charge in [-0.05, 0) is 38.5 Å². The molecule has 1 heterocycles. The maximum atomic E-state index is 9.04. The molecule has 0 saturated carbocycles. The van der Waals surface area contributed by atoms with Crippen molar-refractivity contribution >= 4 is 10.9 Å². The number of aryl methyl sites for hydroxylation is 1. The van der Waals surface area contributed by atoms with Crippen LogP contribution in [0, 0.1) is 16.7 Å². The van der Waals surface area contributed by atoms with E-state index in [0.29, 0.717) is 0 Å². The van der Waals surface area contributed by atoms with Crippen LogP contribution in [0.1, 0.15) is 20.3 Å². The molecule has 3 nitrogen and oxygen atoms in total. The fourth-order valence-electron chi connectivity index (χ4n) is 2.02. The Labute approximate surface area is 108 Å². The van der Waals surface area contributed by atoms with E-state index in [1.54, 1.807) is 7.11 Å². The van der Waals surface area contributed by atoms with Crippen LogP contribution >= 0.6 is 0 Å². The Morgan fingerprint density at radius 3 is 2.78 bits per heavy atom. The minimum absolute atomic E-state index is 0.282. The fraction of sp³-hybridized carbons (Fsp3) is 0.400. The van der Waals surface area contributed by atoms with Gasteiger partial charge in [0.15, 0.2) is 0 Å². The Balaban J connectivity index is 2.28. The monoisotopic (exact) mass is 242 g/mol. The SMILES string of the molecule is COc1cccc2c1ccn2CCC(C)(C)C#N.